The van der Waals surface area contributed by atoms with E-state index in [1.807, 2.05) is 33.0 Å². The van der Waals surface area contributed by atoms with Crippen LogP contribution in [0.3, 0.4) is 0 Å². The van der Waals surface area contributed by atoms with Gasteiger partial charge in [0.2, 0.25) is 5.91 Å². The number of piperazine rings is 1. The van der Waals surface area contributed by atoms with Crippen molar-refractivity contribution in [1.82, 2.24) is 9.80 Å². The summed E-state index contributed by atoms with van der Waals surface area (Å²) in [7, 11) is -0.577. The Morgan fingerprint density at radius 2 is 1.71 bits per heavy atom. The Hall–Kier alpha value is -2.58. The maximum absolute atomic E-state index is 13.8. The molecule has 0 N–H and O–H groups in total. The molecule has 0 radical (unpaired) electrons. The smallest absolute Gasteiger partial charge is 0.268 e. The third kappa shape index (κ3) is 5.19. The van der Waals surface area contributed by atoms with E-state index in [1.54, 1.807) is 35.2 Å². The van der Waals surface area contributed by atoms with Crippen LogP contribution < -0.4 is 9.04 Å². The number of ether oxygens (including phenoxy) is 1. The van der Waals surface area contributed by atoms with Gasteiger partial charge in [0.05, 0.1) is 12.8 Å². The zero-order valence-corrected chi connectivity index (χ0v) is 19.5. The van der Waals surface area contributed by atoms with Crippen LogP contribution >= 0.6 is 0 Å². The molecule has 168 valence electrons. The van der Waals surface area contributed by atoms with Crippen molar-refractivity contribution in [3.8, 4) is 5.75 Å². The third-order valence-electron chi connectivity index (χ3n) is 5.65. The summed E-state index contributed by atoms with van der Waals surface area (Å²) in [4.78, 5) is 17.0. The first-order valence-corrected chi connectivity index (χ1v) is 11.9. The van der Waals surface area contributed by atoms with Crippen molar-refractivity contribution in [2.45, 2.75) is 25.2 Å². The van der Waals surface area contributed by atoms with Crippen molar-refractivity contribution >= 4 is 21.6 Å². The number of amides is 1. The van der Waals surface area contributed by atoms with Gasteiger partial charge < -0.3 is 14.5 Å². The maximum Gasteiger partial charge on any atom is 0.268 e. The Balaban J connectivity index is 2.00. The van der Waals surface area contributed by atoms with Crippen LogP contribution in [-0.2, 0) is 21.2 Å². The highest BCUT2D eigenvalue weighted by atomic mass is 32.2. The Morgan fingerprint density at radius 3 is 2.29 bits per heavy atom. The average molecular weight is 446 g/mol. The molecule has 0 aliphatic carbocycles. The molecule has 1 amide bonds. The molecular formula is C23H31N3O4S. The average Bonchev–Trinajstić information content (AvgIpc) is 2.77. The lowest BCUT2D eigenvalue weighted by Crippen LogP contribution is -2.50. The van der Waals surface area contributed by atoms with E-state index in [2.05, 4.69) is 4.90 Å². The molecule has 0 unspecified atom stereocenters. The minimum Gasteiger partial charge on any atom is -0.495 e. The Kier molecular flexibility index (Phi) is 7.23. The van der Waals surface area contributed by atoms with Crippen molar-refractivity contribution in [2.75, 3.05) is 51.2 Å². The molecule has 1 heterocycles. The molecule has 2 aromatic carbocycles. The highest BCUT2D eigenvalue weighted by Crippen LogP contribution is 2.31. The molecule has 1 saturated heterocycles. The molecule has 8 heteroatoms. The molecule has 0 bridgehead atoms. The monoisotopic (exact) mass is 445 g/mol. The van der Waals surface area contributed by atoms with E-state index in [0.29, 0.717) is 18.8 Å². The van der Waals surface area contributed by atoms with Gasteiger partial charge in [0.25, 0.3) is 10.0 Å². The van der Waals surface area contributed by atoms with Gasteiger partial charge >= 0.3 is 0 Å². The minimum atomic E-state index is -4.03. The van der Waals surface area contributed by atoms with E-state index in [1.165, 1.54) is 11.4 Å². The fourth-order valence-electron chi connectivity index (χ4n) is 3.60. The Bertz CT molecular complexity index is 1010. The molecule has 1 aliphatic rings. The van der Waals surface area contributed by atoms with Gasteiger partial charge in [0, 0.05) is 26.2 Å². The Labute approximate surface area is 185 Å². The third-order valence-corrected chi connectivity index (χ3v) is 7.45. The summed E-state index contributed by atoms with van der Waals surface area (Å²) in [6.45, 7) is 6.34. The lowest BCUT2D eigenvalue weighted by Gasteiger charge is -2.34. The molecular weight excluding hydrogens is 414 g/mol. The van der Waals surface area contributed by atoms with E-state index in [4.69, 9.17) is 4.74 Å². The summed E-state index contributed by atoms with van der Waals surface area (Å²) in [5, 5.41) is 0. The van der Waals surface area contributed by atoms with Crippen molar-refractivity contribution in [3.05, 3.63) is 53.6 Å². The molecule has 3 rings (SSSR count). The second-order valence-corrected chi connectivity index (χ2v) is 9.70. The fraction of sp³-hybridized carbons (Fsp3) is 0.435. The van der Waals surface area contributed by atoms with Crippen molar-refractivity contribution < 1.29 is 17.9 Å². The lowest BCUT2D eigenvalue weighted by atomic mass is 10.1. The predicted octanol–water partition coefficient (Wildman–Crippen LogP) is 2.54. The van der Waals surface area contributed by atoms with Crippen LogP contribution in [-0.4, -0.2) is 71.0 Å². The molecule has 0 atom stereocenters. The Morgan fingerprint density at radius 1 is 1.06 bits per heavy atom. The van der Waals surface area contributed by atoms with Crippen molar-refractivity contribution in [1.29, 1.82) is 0 Å². The summed E-state index contributed by atoms with van der Waals surface area (Å²) in [5.74, 6) is 0.0516. The van der Waals surface area contributed by atoms with Gasteiger partial charge in [0.1, 0.15) is 17.2 Å². The predicted molar refractivity (Wildman–Crippen MR) is 122 cm³/mol. The molecule has 7 nitrogen and oxygen atoms in total. The number of carbonyl (C=O) groups excluding carboxylic acids is 1. The summed E-state index contributed by atoms with van der Waals surface area (Å²) in [6.07, 6.45) is 0.846. The molecule has 1 aliphatic heterocycles. The molecule has 1 fully saturated rings. The quantitative estimate of drug-likeness (QED) is 0.655. The second-order valence-electron chi connectivity index (χ2n) is 7.87. The first-order chi connectivity index (χ1) is 14.8. The second kappa shape index (κ2) is 9.70. The van der Waals surface area contributed by atoms with Gasteiger partial charge in [-0.2, -0.15) is 0 Å². The molecule has 0 spiro atoms. The number of rotatable bonds is 7. The zero-order valence-electron chi connectivity index (χ0n) is 18.7. The number of hydrogen-bond donors (Lipinski definition) is 0. The molecule has 2 aromatic rings. The summed E-state index contributed by atoms with van der Waals surface area (Å²) in [6, 6.07) is 12.3. The minimum absolute atomic E-state index is 0.0562. The topological polar surface area (TPSA) is 70.2 Å². The fourth-order valence-corrected chi connectivity index (χ4v) is 5.25. The van der Waals surface area contributed by atoms with Crippen molar-refractivity contribution in [3.63, 3.8) is 0 Å². The largest absolute Gasteiger partial charge is 0.495 e. The zero-order chi connectivity index (χ0) is 22.6. The van der Waals surface area contributed by atoms with Gasteiger partial charge in [0.15, 0.2) is 0 Å². The number of likely N-dealkylation sites (N-methyl/N-ethyl adjacent to an activating group) is 1. The first-order valence-electron chi connectivity index (χ1n) is 10.5. The van der Waals surface area contributed by atoms with Crippen LogP contribution in [0.5, 0.6) is 5.75 Å². The number of sulfonamides is 1. The van der Waals surface area contributed by atoms with Crippen LogP contribution in [0.1, 0.15) is 18.1 Å². The normalized spacial score (nSPS) is 15.0. The maximum atomic E-state index is 13.8. The number of anilines is 1. The summed E-state index contributed by atoms with van der Waals surface area (Å²) >= 11 is 0. The van der Waals surface area contributed by atoms with Gasteiger partial charge in [-0.3, -0.25) is 9.10 Å². The van der Waals surface area contributed by atoms with Gasteiger partial charge in [-0.1, -0.05) is 25.1 Å². The van der Waals surface area contributed by atoms with Crippen molar-refractivity contribution in [2.24, 2.45) is 0 Å². The van der Waals surface area contributed by atoms with E-state index in [-0.39, 0.29) is 23.1 Å². The highest BCUT2D eigenvalue weighted by Gasteiger charge is 2.32. The molecule has 31 heavy (non-hydrogen) atoms. The molecule has 0 saturated carbocycles. The summed E-state index contributed by atoms with van der Waals surface area (Å²) in [5.41, 5.74) is 2.36. The standard InChI is InChI=1S/C23H31N3O4S/c1-5-19-7-9-20(10-8-19)26(17-23(27)25-14-12-24(3)13-15-25)31(28,29)22-16-18(2)6-11-21(22)30-4/h6-11,16H,5,12-15,17H2,1-4H3. The van der Waals surface area contributed by atoms with Crippen LogP contribution in [0.4, 0.5) is 5.69 Å². The number of carbonyl (C=O) groups is 1. The van der Waals surface area contributed by atoms with Crippen LogP contribution in [0.15, 0.2) is 47.4 Å². The molecule has 0 aromatic heterocycles. The number of methoxy groups -OCH3 is 1. The van der Waals surface area contributed by atoms with Crippen LogP contribution in [0, 0.1) is 6.92 Å². The SMILES string of the molecule is CCc1ccc(N(CC(=O)N2CCN(C)CC2)S(=O)(=O)c2cc(C)ccc2OC)cc1. The van der Waals surface area contributed by atoms with E-state index in [9.17, 15) is 13.2 Å². The highest BCUT2D eigenvalue weighted by molar-refractivity contribution is 7.93. The van der Waals surface area contributed by atoms with Gasteiger partial charge in [-0.05, 0) is 55.8 Å². The number of benzene rings is 2. The number of hydrogen-bond acceptors (Lipinski definition) is 5. The van der Waals surface area contributed by atoms with E-state index < -0.39 is 10.0 Å². The first kappa shape index (κ1) is 23.1. The van der Waals surface area contributed by atoms with Gasteiger partial charge in [-0.15, -0.1) is 0 Å². The van der Waals surface area contributed by atoms with E-state index in [0.717, 1.165) is 30.6 Å². The lowest BCUT2D eigenvalue weighted by molar-refractivity contribution is -0.131. The van der Waals surface area contributed by atoms with Crippen LogP contribution in [0.25, 0.3) is 0 Å². The van der Waals surface area contributed by atoms with Crippen LogP contribution in [0.2, 0.25) is 0 Å². The summed E-state index contributed by atoms with van der Waals surface area (Å²) < 4.78 is 34.0. The number of nitrogens with zero attached hydrogens (tertiary/aromatic N) is 3. The number of aryl methyl sites for hydroxylation is 2. The van der Waals surface area contributed by atoms with E-state index >= 15 is 0 Å². The van der Waals surface area contributed by atoms with Gasteiger partial charge in [-0.25, -0.2) is 8.42 Å².